The Bertz CT molecular complexity index is 550. The summed E-state index contributed by atoms with van der Waals surface area (Å²) in [7, 11) is 1.60. The summed E-state index contributed by atoms with van der Waals surface area (Å²) in [6, 6.07) is 8.30. The number of nitrogens with zero attached hydrogens (tertiary/aromatic N) is 2. The molecule has 17 heavy (non-hydrogen) atoms. The van der Waals surface area contributed by atoms with Gasteiger partial charge in [-0.1, -0.05) is 12.1 Å². The molecule has 0 aliphatic rings. The number of rotatable bonds is 2. The molecule has 0 bridgehead atoms. The van der Waals surface area contributed by atoms with E-state index >= 15 is 0 Å². The lowest BCUT2D eigenvalue weighted by Gasteiger charge is -2.07. The van der Waals surface area contributed by atoms with Gasteiger partial charge in [-0.3, -0.25) is 0 Å². The van der Waals surface area contributed by atoms with Gasteiger partial charge in [-0.2, -0.15) is 0 Å². The molecule has 0 saturated carbocycles. The average Bonchev–Trinajstić information content (AvgIpc) is 2.32. The van der Waals surface area contributed by atoms with E-state index in [9.17, 15) is 0 Å². The predicted molar refractivity (Wildman–Crippen MR) is 68.2 cm³/mol. The molecule has 0 spiro atoms. The number of benzene rings is 1. The summed E-state index contributed by atoms with van der Waals surface area (Å²) < 4.78 is 5.11. The van der Waals surface area contributed by atoms with Gasteiger partial charge in [0.15, 0.2) is 0 Å². The monoisotopic (exact) mass is 228 g/mol. The molecule has 0 radical (unpaired) electrons. The zero-order valence-corrected chi connectivity index (χ0v) is 10.6. The SMILES string of the molecule is COc1nnc(-c2ccc(C)c(C)c2)cc1C. The van der Waals surface area contributed by atoms with Gasteiger partial charge in [-0.25, -0.2) is 0 Å². The smallest absolute Gasteiger partial charge is 0.236 e. The lowest BCUT2D eigenvalue weighted by molar-refractivity contribution is 0.389. The van der Waals surface area contributed by atoms with Crippen molar-refractivity contribution in [1.29, 1.82) is 0 Å². The molecular formula is C14H16N2O. The Kier molecular flexibility index (Phi) is 3.09. The van der Waals surface area contributed by atoms with Gasteiger partial charge in [-0.05, 0) is 44.0 Å². The van der Waals surface area contributed by atoms with Crippen LogP contribution in [0.4, 0.5) is 0 Å². The van der Waals surface area contributed by atoms with E-state index in [2.05, 4.69) is 42.2 Å². The van der Waals surface area contributed by atoms with Crippen molar-refractivity contribution in [3.8, 4) is 17.1 Å². The van der Waals surface area contributed by atoms with E-state index in [-0.39, 0.29) is 0 Å². The van der Waals surface area contributed by atoms with Crippen LogP contribution in [0.1, 0.15) is 16.7 Å². The van der Waals surface area contributed by atoms with E-state index in [1.54, 1.807) is 7.11 Å². The van der Waals surface area contributed by atoms with Gasteiger partial charge in [0.2, 0.25) is 5.88 Å². The van der Waals surface area contributed by atoms with Crippen molar-refractivity contribution in [3.63, 3.8) is 0 Å². The van der Waals surface area contributed by atoms with Crippen LogP contribution >= 0.6 is 0 Å². The van der Waals surface area contributed by atoms with Crippen molar-refractivity contribution >= 4 is 0 Å². The molecule has 0 N–H and O–H groups in total. The van der Waals surface area contributed by atoms with Crippen molar-refractivity contribution in [2.24, 2.45) is 0 Å². The summed E-state index contributed by atoms with van der Waals surface area (Å²) in [6.07, 6.45) is 0. The fourth-order valence-corrected chi connectivity index (χ4v) is 1.72. The Hall–Kier alpha value is -1.90. The fraction of sp³-hybridized carbons (Fsp3) is 0.286. The maximum atomic E-state index is 5.11. The third kappa shape index (κ3) is 2.28. The number of methoxy groups -OCH3 is 1. The molecule has 88 valence electrons. The second-order valence-corrected chi connectivity index (χ2v) is 4.22. The highest BCUT2D eigenvalue weighted by molar-refractivity contribution is 5.61. The Labute approximate surface area is 101 Å². The van der Waals surface area contributed by atoms with Crippen LogP contribution in [0.5, 0.6) is 5.88 Å². The van der Waals surface area contributed by atoms with Crippen LogP contribution < -0.4 is 4.74 Å². The maximum absolute atomic E-state index is 5.11. The fourth-order valence-electron chi connectivity index (χ4n) is 1.72. The lowest BCUT2D eigenvalue weighted by Crippen LogP contribution is -1.96. The zero-order chi connectivity index (χ0) is 12.4. The summed E-state index contributed by atoms with van der Waals surface area (Å²) in [5.74, 6) is 0.581. The normalized spacial score (nSPS) is 10.4. The highest BCUT2D eigenvalue weighted by Crippen LogP contribution is 2.23. The largest absolute Gasteiger partial charge is 0.480 e. The molecule has 1 aromatic carbocycles. The molecule has 2 rings (SSSR count). The standard InChI is InChI=1S/C14H16N2O/c1-9-5-6-12(7-10(9)2)13-8-11(3)14(17-4)16-15-13/h5-8H,1-4H3. The minimum Gasteiger partial charge on any atom is -0.480 e. The van der Waals surface area contributed by atoms with E-state index in [1.165, 1.54) is 11.1 Å². The predicted octanol–water partition coefficient (Wildman–Crippen LogP) is 3.08. The van der Waals surface area contributed by atoms with E-state index in [0.29, 0.717) is 5.88 Å². The molecule has 0 atom stereocenters. The molecule has 0 saturated heterocycles. The first kappa shape index (κ1) is 11.6. The van der Waals surface area contributed by atoms with E-state index < -0.39 is 0 Å². The second kappa shape index (κ2) is 4.53. The Balaban J connectivity index is 2.46. The number of hydrogen-bond acceptors (Lipinski definition) is 3. The summed E-state index contributed by atoms with van der Waals surface area (Å²) in [5, 5.41) is 8.23. The highest BCUT2D eigenvalue weighted by Gasteiger charge is 2.06. The average molecular weight is 228 g/mol. The van der Waals surface area contributed by atoms with Crippen molar-refractivity contribution in [2.75, 3.05) is 7.11 Å². The molecule has 0 aliphatic carbocycles. The molecular weight excluding hydrogens is 212 g/mol. The van der Waals surface area contributed by atoms with Crippen LogP contribution in [0.25, 0.3) is 11.3 Å². The molecule has 3 nitrogen and oxygen atoms in total. The zero-order valence-electron chi connectivity index (χ0n) is 10.6. The van der Waals surface area contributed by atoms with E-state index in [1.807, 2.05) is 13.0 Å². The summed E-state index contributed by atoms with van der Waals surface area (Å²) in [5.41, 5.74) is 5.51. The van der Waals surface area contributed by atoms with Gasteiger partial charge >= 0.3 is 0 Å². The molecule has 0 aliphatic heterocycles. The van der Waals surface area contributed by atoms with Gasteiger partial charge in [0.1, 0.15) is 0 Å². The van der Waals surface area contributed by atoms with Crippen molar-refractivity contribution in [1.82, 2.24) is 10.2 Å². The third-order valence-electron chi connectivity index (χ3n) is 2.94. The second-order valence-electron chi connectivity index (χ2n) is 4.22. The summed E-state index contributed by atoms with van der Waals surface area (Å²) in [6.45, 7) is 6.17. The number of aryl methyl sites for hydroxylation is 3. The molecule has 1 aromatic heterocycles. The first-order chi connectivity index (χ1) is 8.11. The Morgan fingerprint density at radius 2 is 1.65 bits per heavy atom. The molecule has 2 aromatic rings. The molecule has 3 heteroatoms. The van der Waals surface area contributed by atoms with Gasteiger partial charge in [0.05, 0.1) is 12.8 Å². The van der Waals surface area contributed by atoms with Crippen LogP contribution in [0, 0.1) is 20.8 Å². The van der Waals surface area contributed by atoms with Crippen LogP contribution in [0.2, 0.25) is 0 Å². The Morgan fingerprint density at radius 3 is 2.24 bits per heavy atom. The first-order valence-electron chi connectivity index (χ1n) is 5.57. The van der Waals surface area contributed by atoms with Gasteiger partial charge < -0.3 is 4.74 Å². The summed E-state index contributed by atoms with van der Waals surface area (Å²) >= 11 is 0. The molecule has 0 unspecified atom stereocenters. The number of ether oxygens (including phenoxy) is 1. The van der Waals surface area contributed by atoms with Gasteiger partial charge in [-0.15, -0.1) is 10.2 Å². The van der Waals surface area contributed by atoms with Gasteiger partial charge in [0, 0.05) is 11.1 Å². The lowest BCUT2D eigenvalue weighted by atomic mass is 10.0. The van der Waals surface area contributed by atoms with Crippen molar-refractivity contribution < 1.29 is 4.74 Å². The Morgan fingerprint density at radius 1 is 0.882 bits per heavy atom. The van der Waals surface area contributed by atoms with Crippen molar-refractivity contribution in [2.45, 2.75) is 20.8 Å². The molecule has 0 amide bonds. The molecule has 1 heterocycles. The van der Waals surface area contributed by atoms with E-state index in [4.69, 9.17) is 4.74 Å². The maximum Gasteiger partial charge on any atom is 0.236 e. The highest BCUT2D eigenvalue weighted by atomic mass is 16.5. The minimum atomic E-state index is 0.581. The van der Waals surface area contributed by atoms with Crippen LogP contribution in [-0.4, -0.2) is 17.3 Å². The van der Waals surface area contributed by atoms with Crippen LogP contribution in [0.3, 0.4) is 0 Å². The number of aromatic nitrogens is 2. The topological polar surface area (TPSA) is 35.0 Å². The van der Waals surface area contributed by atoms with Crippen LogP contribution in [-0.2, 0) is 0 Å². The number of hydrogen-bond donors (Lipinski definition) is 0. The third-order valence-corrected chi connectivity index (χ3v) is 2.94. The first-order valence-corrected chi connectivity index (χ1v) is 5.57. The van der Waals surface area contributed by atoms with E-state index in [0.717, 1.165) is 16.8 Å². The van der Waals surface area contributed by atoms with Gasteiger partial charge in [0.25, 0.3) is 0 Å². The van der Waals surface area contributed by atoms with Crippen LogP contribution in [0.15, 0.2) is 24.3 Å². The quantitative estimate of drug-likeness (QED) is 0.792. The minimum absolute atomic E-state index is 0.581. The van der Waals surface area contributed by atoms with Crippen molar-refractivity contribution in [3.05, 3.63) is 41.0 Å². The molecule has 0 fully saturated rings. The summed E-state index contributed by atoms with van der Waals surface area (Å²) in [4.78, 5) is 0.